The lowest BCUT2D eigenvalue weighted by Gasteiger charge is -2.19. The first-order valence-electron chi connectivity index (χ1n) is 5.30. The normalized spacial score (nSPS) is 15.1. The monoisotopic (exact) mass is 272 g/mol. The molecule has 2 atom stereocenters. The third kappa shape index (κ3) is 2.81. The van der Waals surface area contributed by atoms with Crippen molar-refractivity contribution in [2.45, 2.75) is 33.6 Å². The molecule has 0 saturated carbocycles. The number of rotatable bonds is 3. The van der Waals surface area contributed by atoms with Crippen LogP contribution in [0.4, 0.5) is 4.39 Å². The van der Waals surface area contributed by atoms with Gasteiger partial charge in [-0.15, -0.1) is 0 Å². The first kappa shape index (κ1) is 12.7. The van der Waals surface area contributed by atoms with Crippen LogP contribution in [0.5, 0.6) is 0 Å². The van der Waals surface area contributed by atoms with E-state index in [0.717, 1.165) is 16.5 Å². The zero-order valence-corrected chi connectivity index (χ0v) is 11.4. The molecule has 0 N–H and O–H groups in total. The molecule has 0 bridgehead atoms. The maximum absolute atomic E-state index is 13.8. The van der Waals surface area contributed by atoms with Crippen molar-refractivity contribution in [1.29, 1.82) is 0 Å². The van der Waals surface area contributed by atoms with Crippen LogP contribution in [0.25, 0.3) is 0 Å². The number of alkyl halides is 1. The first-order valence-corrected chi connectivity index (χ1v) is 6.42. The minimum absolute atomic E-state index is 0.0709. The summed E-state index contributed by atoms with van der Waals surface area (Å²) in [5, 5.41) is 0.903. The Morgan fingerprint density at radius 1 is 1.20 bits per heavy atom. The summed E-state index contributed by atoms with van der Waals surface area (Å²) in [5.74, 6) is 0.628. The zero-order valence-electron chi connectivity index (χ0n) is 9.77. The van der Waals surface area contributed by atoms with Gasteiger partial charge in [-0.2, -0.15) is 0 Å². The highest BCUT2D eigenvalue weighted by Crippen LogP contribution is 2.29. The fourth-order valence-electron chi connectivity index (χ4n) is 1.59. The maximum Gasteiger partial charge on any atom is 0.126 e. The van der Waals surface area contributed by atoms with Gasteiger partial charge < -0.3 is 0 Å². The van der Waals surface area contributed by atoms with Gasteiger partial charge in [0.2, 0.25) is 0 Å². The van der Waals surface area contributed by atoms with Crippen LogP contribution in [-0.4, -0.2) is 5.33 Å². The molecule has 0 radical (unpaired) electrons. The van der Waals surface area contributed by atoms with Crippen molar-refractivity contribution in [2.75, 3.05) is 5.33 Å². The predicted molar refractivity (Wildman–Crippen MR) is 67.2 cm³/mol. The minimum atomic E-state index is -0.0709. The SMILES string of the molecule is Cc1cc(F)c(C(C)C(C)CBr)cc1C. The molecule has 0 saturated heterocycles. The third-order valence-corrected chi connectivity index (χ3v) is 4.22. The molecule has 1 rings (SSSR count). The smallest absolute Gasteiger partial charge is 0.126 e. The summed E-state index contributed by atoms with van der Waals surface area (Å²) < 4.78 is 13.8. The van der Waals surface area contributed by atoms with E-state index in [0.29, 0.717) is 5.92 Å². The molecule has 0 spiro atoms. The molecule has 0 aliphatic heterocycles. The van der Waals surface area contributed by atoms with Crippen LogP contribution in [0.3, 0.4) is 0 Å². The molecule has 2 unspecified atom stereocenters. The topological polar surface area (TPSA) is 0 Å². The average Bonchev–Trinajstić information content (AvgIpc) is 2.21. The highest BCUT2D eigenvalue weighted by Gasteiger charge is 2.17. The molecule has 1 aromatic carbocycles. The van der Waals surface area contributed by atoms with Gasteiger partial charge in [-0.25, -0.2) is 4.39 Å². The fraction of sp³-hybridized carbons (Fsp3) is 0.538. The second-order valence-electron chi connectivity index (χ2n) is 4.38. The summed E-state index contributed by atoms with van der Waals surface area (Å²) in [4.78, 5) is 0. The Kier molecular flexibility index (Phi) is 4.32. The van der Waals surface area contributed by atoms with Crippen LogP contribution in [-0.2, 0) is 0 Å². The van der Waals surface area contributed by atoms with E-state index in [9.17, 15) is 4.39 Å². The molecule has 0 aromatic heterocycles. The summed E-state index contributed by atoms with van der Waals surface area (Å²) in [6.07, 6.45) is 0. The quantitative estimate of drug-likeness (QED) is 0.707. The molecule has 0 nitrogen and oxygen atoms in total. The van der Waals surface area contributed by atoms with Crippen molar-refractivity contribution in [3.63, 3.8) is 0 Å². The van der Waals surface area contributed by atoms with Gasteiger partial charge in [0.05, 0.1) is 0 Å². The van der Waals surface area contributed by atoms with Gasteiger partial charge in [0.1, 0.15) is 5.82 Å². The Balaban J connectivity index is 3.09. The van der Waals surface area contributed by atoms with E-state index in [2.05, 4.69) is 29.8 Å². The molecule has 0 aliphatic carbocycles. The zero-order chi connectivity index (χ0) is 11.6. The van der Waals surface area contributed by atoms with E-state index in [1.807, 2.05) is 19.9 Å². The Morgan fingerprint density at radius 2 is 1.73 bits per heavy atom. The second kappa shape index (κ2) is 5.11. The van der Waals surface area contributed by atoms with Gasteiger partial charge >= 0.3 is 0 Å². The van der Waals surface area contributed by atoms with Gasteiger partial charge in [-0.3, -0.25) is 0 Å². The molecular formula is C13H18BrF. The largest absolute Gasteiger partial charge is 0.207 e. The van der Waals surface area contributed by atoms with Gasteiger partial charge in [-0.05, 0) is 48.4 Å². The summed E-state index contributed by atoms with van der Waals surface area (Å²) in [7, 11) is 0. The van der Waals surface area contributed by atoms with Gasteiger partial charge in [0.25, 0.3) is 0 Å². The predicted octanol–water partition coefficient (Wildman–Crippen LogP) is 4.58. The van der Waals surface area contributed by atoms with Gasteiger partial charge in [0, 0.05) is 5.33 Å². The van der Waals surface area contributed by atoms with Crippen LogP contribution in [0, 0.1) is 25.6 Å². The average molecular weight is 273 g/mol. The number of halogens is 2. The van der Waals surface area contributed by atoms with E-state index < -0.39 is 0 Å². The van der Waals surface area contributed by atoms with Gasteiger partial charge in [0.15, 0.2) is 0 Å². The summed E-state index contributed by atoms with van der Waals surface area (Å²) in [6.45, 7) is 8.19. The van der Waals surface area contributed by atoms with E-state index >= 15 is 0 Å². The maximum atomic E-state index is 13.8. The van der Waals surface area contributed by atoms with Gasteiger partial charge in [-0.1, -0.05) is 35.8 Å². The lowest BCUT2D eigenvalue weighted by molar-refractivity contribution is 0.509. The van der Waals surface area contributed by atoms with Crippen molar-refractivity contribution in [2.24, 2.45) is 5.92 Å². The minimum Gasteiger partial charge on any atom is -0.207 e. The highest BCUT2D eigenvalue weighted by molar-refractivity contribution is 9.09. The molecule has 0 aliphatic rings. The lowest BCUT2D eigenvalue weighted by atomic mass is 9.88. The van der Waals surface area contributed by atoms with Crippen molar-refractivity contribution in [3.8, 4) is 0 Å². The number of benzene rings is 1. The van der Waals surface area contributed by atoms with Crippen LogP contribution >= 0.6 is 15.9 Å². The van der Waals surface area contributed by atoms with Crippen LogP contribution in [0.15, 0.2) is 12.1 Å². The van der Waals surface area contributed by atoms with Crippen molar-refractivity contribution in [3.05, 3.63) is 34.6 Å². The van der Waals surface area contributed by atoms with Crippen molar-refractivity contribution >= 4 is 15.9 Å². The van der Waals surface area contributed by atoms with E-state index in [4.69, 9.17) is 0 Å². The summed E-state index contributed by atoms with van der Waals surface area (Å²) in [5.41, 5.74) is 3.03. The molecule has 2 heteroatoms. The molecular weight excluding hydrogens is 255 g/mol. The summed E-state index contributed by atoms with van der Waals surface area (Å²) >= 11 is 3.45. The van der Waals surface area contributed by atoms with E-state index in [1.165, 1.54) is 5.56 Å². The number of hydrogen-bond donors (Lipinski definition) is 0. The van der Waals surface area contributed by atoms with E-state index in [1.54, 1.807) is 6.07 Å². The molecule has 0 amide bonds. The van der Waals surface area contributed by atoms with E-state index in [-0.39, 0.29) is 11.7 Å². The number of hydrogen-bond acceptors (Lipinski definition) is 0. The van der Waals surface area contributed by atoms with Crippen molar-refractivity contribution in [1.82, 2.24) is 0 Å². The fourth-order valence-corrected chi connectivity index (χ4v) is 2.15. The third-order valence-electron chi connectivity index (χ3n) is 3.20. The Hall–Kier alpha value is -0.370. The van der Waals surface area contributed by atoms with Crippen LogP contribution in [0.1, 0.15) is 36.5 Å². The first-order chi connectivity index (χ1) is 6.97. The molecule has 15 heavy (non-hydrogen) atoms. The Bertz CT molecular complexity index is 347. The Labute approximate surface area is 100 Å². The van der Waals surface area contributed by atoms with Crippen LogP contribution in [0.2, 0.25) is 0 Å². The lowest BCUT2D eigenvalue weighted by Crippen LogP contribution is -2.10. The summed E-state index contributed by atoms with van der Waals surface area (Å²) in [6, 6.07) is 3.62. The standard InChI is InChI=1S/C13H18BrF/c1-8-5-12(11(4)10(3)7-14)13(15)6-9(8)2/h5-6,10-11H,7H2,1-4H3. The van der Waals surface area contributed by atoms with Crippen molar-refractivity contribution < 1.29 is 4.39 Å². The second-order valence-corrected chi connectivity index (χ2v) is 5.03. The number of aryl methyl sites for hydroxylation is 2. The van der Waals surface area contributed by atoms with Crippen LogP contribution < -0.4 is 0 Å². The molecule has 0 heterocycles. The molecule has 0 fully saturated rings. The molecule has 84 valence electrons. The highest BCUT2D eigenvalue weighted by atomic mass is 79.9. The molecule has 1 aromatic rings. The Morgan fingerprint density at radius 3 is 2.27 bits per heavy atom.